The molecule has 104 valence electrons. The maximum Gasteiger partial charge on any atom is 0.236 e. The molecule has 1 saturated heterocycles. The Morgan fingerprint density at radius 1 is 1.47 bits per heavy atom. The second-order valence-electron chi connectivity index (χ2n) is 4.65. The third kappa shape index (κ3) is 4.30. The lowest BCUT2D eigenvalue weighted by Crippen LogP contribution is -2.45. The van der Waals surface area contributed by atoms with Crippen molar-refractivity contribution in [2.75, 3.05) is 32.8 Å². The number of hydrogen-bond donors (Lipinski definition) is 1. The van der Waals surface area contributed by atoms with Gasteiger partial charge in [-0.1, -0.05) is 28.1 Å². The van der Waals surface area contributed by atoms with Gasteiger partial charge < -0.3 is 15.0 Å². The zero-order valence-corrected chi connectivity index (χ0v) is 12.6. The summed E-state index contributed by atoms with van der Waals surface area (Å²) >= 11 is 3.46. The molecule has 0 bridgehead atoms. The van der Waals surface area contributed by atoms with Crippen molar-refractivity contribution >= 4 is 21.8 Å². The fourth-order valence-corrected chi connectivity index (χ4v) is 2.48. The highest BCUT2D eigenvalue weighted by Gasteiger charge is 2.17. The van der Waals surface area contributed by atoms with Gasteiger partial charge in [0.05, 0.1) is 19.8 Å². The predicted octanol–water partition coefficient (Wildman–Crippen LogP) is 1.96. The van der Waals surface area contributed by atoms with E-state index < -0.39 is 0 Å². The van der Waals surface area contributed by atoms with Crippen LogP contribution in [0.1, 0.15) is 18.5 Å². The molecular weight excluding hydrogens is 308 g/mol. The fourth-order valence-electron chi connectivity index (χ4n) is 2.06. The second-order valence-corrected chi connectivity index (χ2v) is 5.57. The van der Waals surface area contributed by atoms with Crippen LogP contribution in [0.15, 0.2) is 28.7 Å². The van der Waals surface area contributed by atoms with Crippen LogP contribution in [0, 0.1) is 0 Å². The lowest BCUT2D eigenvalue weighted by molar-refractivity contribution is -0.134. The van der Waals surface area contributed by atoms with Crippen LogP contribution in [0.25, 0.3) is 0 Å². The molecule has 1 atom stereocenters. The molecule has 5 heteroatoms. The van der Waals surface area contributed by atoms with E-state index in [9.17, 15) is 4.79 Å². The van der Waals surface area contributed by atoms with E-state index in [4.69, 9.17) is 4.74 Å². The Hall–Kier alpha value is -0.910. The fraction of sp³-hybridized carbons (Fsp3) is 0.500. The Labute approximate surface area is 122 Å². The largest absolute Gasteiger partial charge is 0.378 e. The van der Waals surface area contributed by atoms with Crippen LogP contribution in [0.5, 0.6) is 0 Å². The minimum Gasteiger partial charge on any atom is -0.378 e. The first-order valence-electron chi connectivity index (χ1n) is 6.51. The molecule has 0 aromatic heterocycles. The van der Waals surface area contributed by atoms with Crippen LogP contribution in [-0.2, 0) is 9.53 Å². The number of nitrogens with zero attached hydrogens (tertiary/aromatic N) is 1. The van der Waals surface area contributed by atoms with E-state index in [1.54, 1.807) is 0 Å². The van der Waals surface area contributed by atoms with E-state index in [0.717, 1.165) is 4.47 Å². The standard InChI is InChI=1S/C14H19BrN2O2/c1-11(12-3-2-4-13(15)9-12)16-10-14(18)17-5-7-19-8-6-17/h2-4,9,11,16H,5-8,10H2,1H3/t11-/m1/s1. The molecule has 0 unspecified atom stereocenters. The number of benzene rings is 1. The van der Waals surface area contributed by atoms with Gasteiger partial charge in [0.15, 0.2) is 0 Å². The normalized spacial score (nSPS) is 17.3. The molecule has 4 nitrogen and oxygen atoms in total. The highest BCUT2D eigenvalue weighted by molar-refractivity contribution is 9.10. The number of nitrogens with one attached hydrogen (secondary N) is 1. The van der Waals surface area contributed by atoms with Crippen molar-refractivity contribution in [1.82, 2.24) is 10.2 Å². The second kappa shape index (κ2) is 7.03. The zero-order valence-electron chi connectivity index (χ0n) is 11.1. The van der Waals surface area contributed by atoms with Gasteiger partial charge in [-0.3, -0.25) is 4.79 Å². The number of carbonyl (C=O) groups is 1. The summed E-state index contributed by atoms with van der Waals surface area (Å²) in [6.45, 7) is 5.12. The zero-order chi connectivity index (χ0) is 13.7. The molecule has 1 aliphatic heterocycles. The number of hydrogen-bond acceptors (Lipinski definition) is 3. The molecule has 1 fully saturated rings. The average Bonchev–Trinajstić information content (AvgIpc) is 2.45. The quantitative estimate of drug-likeness (QED) is 0.919. The van der Waals surface area contributed by atoms with Crippen LogP contribution < -0.4 is 5.32 Å². The van der Waals surface area contributed by atoms with Crippen LogP contribution in [0.2, 0.25) is 0 Å². The lowest BCUT2D eigenvalue weighted by Gasteiger charge is -2.27. The summed E-state index contributed by atoms with van der Waals surface area (Å²) in [4.78, 5) is 13.9. The van der Waals surface area contributed by atoms with Crippen molar-refractivity contribution in [3.63, 3.8) is 0 Å². The topological polar surface area (TPSA) is 41.6 Å². The Kier molecular flexibility index (Phi) is 5.36. The summed E-state index contributed by atoms with van der Waals surface area (Å²) in [5, 5.41) is 3.27. The number of rotatable bonds is 4. The average molecular weight is 327 g/mol. The third-order valence-corrected chi connectivity index (χ3v) is 3.77. The van der Waals surface area contributed by atoms with Gasteiger partial charge in [-0.2, -0.15) is 0 Å². The number of ether oxygens (including phenoxy) is 1. The molecule has 0 spiro atoms. The molecular formula is C14H19BrN2O2. The number of morpholine rings is 1. The Morgan fingerprint density at radius 2 is 2.21 bits per heavy atom. The molecule has 1 aromatic carbocycles. The molecule has 0 saturated carbocycles. The van der Waals surface area contributed by atoms with Crippen molar-refractivity contribution < 1.29 is 9.53 Å². The Morgan fingerprint density at radius 3 is 2.89 bits per heavy atom. The van der Waals surface area contributed by atoms with Gasteiger partial charge in [-0.25, -0.2) is 0 Å². The monoisotopic (exact) mass is 326 g/mol. The lowest BCUT2D eigenvalue weighted by atomic mass is 10.1. The molecule has 1 amide bonds. The third-order valence-electron chi connectivity index (χ3n) is 3.27. The molecule has 1 N–H and O–H groups in total. The molecule has 19 heavy (non-hydrogen) atoms. The summed E-state index contributed by atoms with van der Waals surface area (Å²) in [6.07, 6.45) is 0. The van der Waals surface area contributed by atoms with Crippen molar-refractivity contribution in [3.05, 3.63) is 34.3 Å². The first kappa shape index (κ1) is 14.5. The van der Waals surface area contributed by atoms with Crippen LogP contribution in [-0.4, -0.2) is 43.7 Å². The van der Waals surface area contributed by atoms with E-state index in [-0.39, 0.29) is 11.9 Å². The Balaban J connectivity index is 1.82. The molecule has 1 aliphatic rings. The molecule has 0 aliphatic carbocycles. The number of halogens is 1. The van der Waals surface area contributed by atoms with Gasteiger partial charge in [0, 0.05) is 23.6 Å². The van der Waals surface area contributed by atoms with Crippen molar-refractivity contribution in [2.24, 2.45) is 0 Å². The van der Waals surface area contributed by atoms with Crippen LogP contribution >= 0.6 is 15.9 Å². The van der Waals surface area contributed by atoms with Gasteiger partial charge in [0.1, 0.15) is 0 Å². The van der Waals surface area contributed by atoms with E-state index in [2.05, 4.69) is 40.3 Å². The van der Waals surface area contributed by atoms with Crippen LogP contribution in [0.3, 0.4) is 0 Å². The smallest absolute Gasteiger partial charge is 0.236 e. The first-order chi connectivity index (χ1) is 9.16. The summed E-state index contributed by atoms with van der Waals surface area (Å²) in [6, 6.07) is 8.28. The highest BCUT2D eigenvalue weighted by Crippen LogP contribution is 2.17. The van der Waals surface area contributed by atoms with Gasteiger partial charge in [-0.15, -0.1) is 0 Å². The Bertz CT molecular complexity index is 433. The minimum atomic E-state index is 0.144. The summed E-state index contributed by atoms with van der Waals surface area (Å²) < 4.78 is 6.29. The number of amides is 1. The molecule has 1 heterocycles. The van der Waals surface area contributed by atoms with Gasteiger partial charge in [-0.05, 0) is 24.6 Å². The predicted molar refractivity (Wildman–Crippen MR) is 78.0 cm³/mol. The van der Waals surface area contributed by atoms with E-state index in [1.165, 1.54) is 5.56 Å². The van der Waals surface area contributed by atoms with Crippen molar-refractivity contribution in [3.8, 4) is 0 Å². The van der Waals surface area contributed by atoms with E-state index >= 15 is 0 Å². The number of carbonyl (C=O) groups excluding carboxylic acids is 1. The van der Waals surface area contributed by atoms with Crippen LogP contribution in [0.4, 0.5) is 0 Å². The van der Waals surface area contributed by atoms with Crippen molar-refractivity contribution in [1.29, 1.82) is 0 Å². The van der Waals surface area contributed by atoms with Gasteiger partial charge in [0.2, 0.25) is 5.91 Å². The molecule has 1 aromatic rings. The summed E-state index contributed by atoms with van der Waals surface area (Å²) in [5.74, 6) is 0.144. The highest BCUT2D eigenvalue weighted by atomic mass is 79.9. The van der Waals surface area contributed by atoms with Gasteiger partial charge >= 0.3 is 0 Å². The van der Waals surface area contributed by atoms with Crippen molar-refractivity contribution in [2.45, 2.75) is 13.0 Å². The molecule has 0 radical (unpaired) electrons. The maximum absolute atomic E-state index is 12.0. The summed E-state index contributed by atoms with van der Waals surface area (Å²) in [7, 11) is 0. The van der Waals surface area contributed by atoms with Gasteiger partial charge in [0.25, 0.3) is 0 Å². The minimum absolute atomic E-state index is 0.144. The summed E-state index contributed by atoms with van der Waals surface area (Å²) in [5.41, 5.74) is 1.17. The van der Waals surface area contributed by atoms with E-state index in [0.29, 0.717) is 32.8 Å². The SMILES string of the molecule is C[C@@H](NCC(=O)N1CCOCC1)c1cccc(Br)c1. The first-order valence-corrected chi connectivity index (χ1v) is 7.30. The molecule has 2 rings (SSSR count). The van der Waals surface area contributed by atoms with E-state index in [1.807, 2.05) is 17.0 Å². The maximum atomic E-state index is 12.0.